The molecular weight excluding hydrogens is 325 g/mol. The first-order valence-corrected chi connectivity index (χ1v) is 7.68. The molecule has 1 aromatic carbocycles. The highest BCUT2D eigenvalue weighted by atomic mass is 19.1. The number of hydrogen-bond donors (Lipinski definition) is 2. The number of aromatic nitrogens is 4. The van der Waals surface area contributed by atoms with Gasteiger partial charge in [0.15, 0.2) is 11.6 Å². The summed E-state index contributed by atoms with van der Waals surface area (Å²) in [6, 6.07) is 4.68. The van der Waals surface area contributed by atoms with Crippen molar-refractivity contribution in [2.75, 3.05) is 17.7 Å². The topological polar surface area (TPSA) is 115 Å². The Labute approximate surface area is 142 Å². The average molecular weight is 339 g/mol. The molecule has 126 valence electrons. The Balaban J connectivity index is 1.78. The van der Waals surface area contributed by atoms with Crippen molar-refractivity contribution in [2.45, 2.75) is 19.5 Å². The number of halogens is 1. The van der Waals surface area contributed by atoms with E-state index in [1.54, 1.807) is 6.07 Å². The normalized spacial score (nSPS) is 14.0. The number of ether oxygens (including phenoxy) is 1. The molecule has 4 rings (SSSR count). The van der Waals surface area contributed by atoms with Crippen molar-refractivity contribution in [3.05, 3.63) is 35.7 Å². The van der Waals surface area contributed by atoms with E-state index >= 15 is 0 Å². The molecule has 1 aliphatic heterocycles. The molecule has 25 heavy (non-hydrogen) atoms. The Bertz CT molecular complexity index is 1020. The summed E-state index contributed by atoms with van der Waals surface area (Å²) >= 11 is 0. The van der Waals surface area contributed by atoms with Crippen LogP contribution < -0.4 is 15.8 Å². The zero-order chi connectivity index (χ0) is 17.6. The van der Waals surface area contributed by atoms with Crippen LogP contribution in [0.2, 0.25) is 0 Å². The lowest BCUT2D eigenvalue weighted by atomic mass is 10.2. The van der Waals surface area contributed by atoms with Crippen molar-refractivity contribution >= 4 is 22.7 Å². The predicted octanol–water partition coefficient (Wildman–Crippen LogP) is 1.98. The Kier molecular flexibility index (Phi) is 3.39. The van der Waals surface area contributed by atoms with E-state index in [0.717, 1.165) is 0 Å². The fourth-order valence-electron chi connectivity index (χ4n) is 3.01. The maximum absolute atomic E-state index is 14.0. The van der Waals surface area contributed by atoms with Crippen molar-refractivity contribution in [3.8, 4) is 11.8 Å². The number of rotatable bonds is 3. The first kappa shape index (κ1) is 15.1. The number of nitriles is 1. The Morgan fingerprint density at radius 1 is 1.44 bits per heavy atom. The van der Waals surface area contributed by atoms with Crippen molar-refractivity contribution in [1.82, 2.24) is 19.5 Å². The van der Waals surface area contributed by atoms with Crippen molar-refractivity contribution in [2.24, 2.45) is 0 Å². The standard InChI is InChI=1S/C16H14FN7O/c1-8(22-15-9(6-18)14(19)20-7-21-15)16-23-11-3-2-10(17)13-12(11)24(16)4-5-25-13/h2-3,7-8H,4-5H2,1H3,(H3,19,20,21,22). The second kappa shape index (κ2) is 5.59. The van der Waals surface area contributed by atoms with Crippen LogP contribution in [0.4, 0.5) is 16.0 Å². The van der Waals surface area contributed by atoms with Gasteiger partial charge in [-0.3, -0.25) is 0 Å². The summed E-state index contributed by atoms with van der Waals surface area (Å²) in [5.74, 6) is 0.959. The molecule has 0 fully saturated rings. The van der Waals surface area contributed by atoms with E-state index in [-0.39, 0.29) is 23.2 Å². The van der Waals surface area contributed by atoms with Crippen LogP contribution in [0, 0.1) is 17.1 Å². The summed E-state index contributed by atoms with van der Waals surface area (Å²) in [4.78, 5) is 12.5. The Hall–Kier alpha value is -3.41. The summed E-state index contributed by atoms with van der Waals surface area (Å²) in [7, 11) is 0. The van der Waals surface area contributed by atoms with Crippen LogP contribution in [-0.2, 0) is 6.54 Å². The number of hydrogen-bond acceptors (Lipinski definition) is 7. The largest absolute Gasteiger partial charge is 0.486 e. The molecule has 0 radical (unpaired) electrons. The molecule has 1 atom stereocenters. The summed E-state index contributed by atoms with van der Waals surface area (Å²) < 4.78 is 21.4. The molecule has 0 saturated carbocycles. The first-order valence-electron chi connectivity index (χ1n) is 7.68. The third-order valence-corrected chi connectivity index (χ3v) is 4.13. The lowest BCUT2D eigenvalue weighted by Gasteiger charge is -2.21. The Morgan fingerprint density at radius 2 is 2.28 bits per heavy atom. The molecule has 1 aliphatic rings. The summed E-state index contributed by atoms with van der Waals surface area (Å²) in [5, 5.41) is 12.4. The van der Waals surface area contributed by atoms with Crippen LogP contribution in [0.1, 0.15) is 24.4 Å². The second-order valence-corrected chi connectivity index (χ2v) is 5.67. The molecule has 0 bridgehead atoms. The van der Waals surface area contributed by atoms with Gasteiger partial charge in [0.2, 0.25) is 0 Å². The zero-order valence-electron chi connectivity index (χ0n) is 13.3. The minimum Gasteiger partial charge on any atom is -0.486 e. The summed E-state index contributed by atoms with van der Waals surface area (Å²) in [6.07, 6.45) is 1.29. The minimum absolute atomic E-state index is 0.111. The maximum Gasteiger partial charge on any atom is 0.180 e. The highest BCUT2D eigenvalue weighted by Gasteiger charge is 2.25. The van der Waals surface area contributed by atoms with Gasteiger partial charge in [-0.15, -0.1) is 0 Å². The lowest BCUT2D eigenvalue weighted by molar-refractivity contribution is 0.270. The van der Waals surface area contributed by atoms with E-state index in [9.17, 15) is 9.65 Å². The summed E-state index contributed by atoms with van der Waals surface area (Å²) in [5.41, 5.74) is 7.19. The molecular formula is C16H14FN7O. The van der Waals surface area contributed by atoms with E-state index in [1.807, 2.05) is 17.6 Å². The minimum atomic E-state index is -0.407. The molecule has 3 heterocycles. The molecule has 0 amide bonds. The fourth-order valence-corrected chi connectivity index (χ4v) is 3.01. The number of imidazole rings is 1. The van der Waals surface area contributed by atoms with Crippen LogP contribution in [0.15, 0.2) is 18.5 Å². The highest BCUT2D eigenvalue weighted by Crippen LogP contribution is 2.34. The predicted molar refractivity (Wildman–Crippen MR) is 88.4 cm³/mol. The lowest BCUT2D eigenvalue weighted by Crippen LogP contribution is -2.21. The molecule has 0 spiro atoms. The van der Waals surface area contributed by atoms with E-state index in [0.29, 0.717) is 35.8 Å². The molecule has 0 aliphatic carbocycles. The van der Waals surface area contributed by atoms with Gasteiger partial charge < -0.3 is 20.4 Å². The van der Waals surface area contributed by atoms with Crippen molar-refractivity contribution < 1.29 is 9.13 Å². The van der Waals surface area contributed by atoms with Gasteiger partial charge >= 0.3 is 0 Å². The van der Waals surface area contributed by atoms with Crippen molar-refractivity contribution in [1.29, 1.82) is 5.26 Å². The van der Waals surface area contributed by atoms with E-state index < -0.39 is 5.82 Å². The third kappa shape index (κ3) is 2.30. The zero-order valence-corrected chi connectivity index (χ0v) is 13.3. The van der Waals surface area contributed by atoms with Crippen LogP contribution in [0.5, 0.6) is 5.75 Å². The molecule has 1 unspecified atom stereocenters. The van der Waals surface area contributed by atoms with Crippen LogP contribution >= 0.6 is 0 Å². The monoisotopic (exact) mass is 339 g/mol. The van der Waals surface area contributed by atoms with Gasteiger partial charge in [-0.25, -0.2) is 19.3 Å². The third-order valence-electron chi connectivity index (χ3n) is 4.13. The molecule has 8 nitrogen and oxygen atoms in total. The number of benzene rings is 1. The smallest absolute Gasteiger partial charge is 0.180 e. The Morgan fingerprint density at radius 3 is 3.08 bits per heavy atom. The van der Waals surface area contributed by atoms with Gasteiger partial charge in [-0.2, -0.15) is 5.26 Å². The fraction of sp³-hybridized carbons (Fsp3) is 0.250. The number of anilines is 2. The van der Waals surface area contributed by atoms with Gasteiger partial charge in [0.05, 0.1) is 18.1 Å². The van der Waals surface area contributed by atoms with Gasteiger partial charge in [0.1, 0.15) is 47.5 Å². The highest BCUT2D eigenvalue weighted by molar-refractivity contribution is 5.83. The summed E-state index contributed by atoms with van der Waals surface area (Å²) in [6.45, 7) is 2.81. The van der Waals surface area contributed by atoms with Gasteiger partial charge in [0.25, 0.3) is 0 Å². The number of nitrogens with one attached hydrogen (secondary N) is 1. The SMILES string of the molecule is CC(Nc1ncnc(N)c1C#N)c1nc2ccc(F)c3c2n1CCO3. The van der Waals surface area contributed by atoms with E-state index in [2.05, 4.69) is 20.3 Å². The van der Waals surface area contributed by atoms with Crippen LogP contribution in [-0.4, -0.2) is 26.1 Å². The van der Waals surface area contributed by atoms with Crippen LogP contribution in [0.25, 0.3) is 11.0 Å². The molecule has 3 aromatic rings. The van der Waals surface area contributed by atoms with E-state index in [4.69, 9.17) is 10.5 Å². The van der Waals surface area contributed by atoms with E-state index in [1.165, 1.54) is 12.4 Å². The molecule has 3 N–H and O–H groups in total. The average Bonchev–Trinajstić information content (AvgIpc) is 2.99. The first-order chi connectivity index (χ1) is 12.1. The number of nitrogens with zero attached hydrogens (tertiary/aromatic N) is 5. The second-order valence-electron chi connectivity index (χ2n) is 5.67. The molecule has 0 saturated heterocycles. The van der Waals surface area contributed by atoms with Crippen molar-refractivity contribution in [3.63, 3.8) is 0 Å². The van der Waals surface area contributed by atoms with Gasteiger partial charge in [-0.05, 0) is 19.1 Å². The molecule has 2 aromatic heterocycles. The molecule has 9 heteroatoms. The number of nitrogens with two attached hydrogens (primary N) is 1. The van der Waals surface area contributed by atoms with Gasteiger partial charge in [-0.1, -0.05) is 0 Å². The maximum atomic E-state index is 14.0. The number of nitrogen functional groups attached to an aromatic ring is 1. The van der Waals surface area contributed by atoms with Crippen LogP contribution in [0.3, 0.4) is 0 Å². The quantitative estimate of drug-likeness (QED) is 0.750. The van der Waals surface area contributed by atoms with Gasteiger partial charge in [0, 0.05) is 0 Å².